The Morgan fingerprint density at radius 1 is 1.00 bits per heavy atom. The summed E-state index contributed by atoms with van der Waals surface area (Å²) < 4.78 is 43.0. The Labute approximate surface area is 158 Å². The molecule has 0 amide bonds. The smallest absolute Gasteiger partial charge is 0.227 e. The van der Waals surface area contributed by atoms with Crippen LogP contribution in [0.15, 0.2) is 65.5 Å². The molecule has 1 aliphatic rings. The molecule has 1 aliphatic heterocycles. The number of aryl methyl sites for hydroxylation is 1. The van der Waals surface area contributed by atoms with Crippen molar-refractivity contribution in [3.8, 4) is 0 Å². The molecule has 0 N–H and O–H groups in total. The van der Waals surface area contributed by atoms with E-state index >= 15 is 0 Å². The Balaban J connectivity index is 0.000000376. The van der Waals surface area contributed by atoms with Crippen molar-refractivity contribution in [1.29, 1.82) is 0 Å². The molecule has 2 heterocycles. The number of rotatable bonds is 2. The lowest BCUT2D eigenvalue weighted by Crippen LogP contribution is -2.68. The fourth-order valence-corrected chi connectivity index (χ4v) is 2.88. The van der Waals surface area contributed by atoms with Crippen molar-refractivity contribution in [3.05, 3.63) is 83.5 Å². The van der Waals surface area contributed by atoms with E-state index in [1.54, 1.807) is 0 Å². The van der Waals surface area contributed by atoms with Crippen molar-refractivity contribution < 1.29 is 37.7 Å². The Hall–Kier alpha value is -2.61. The molecule has 140 valence electrons. The second kappa shape index (κ2) is 7.96. The van der Waals surface area contributed by atoms with Gasteiger partial charge in [-0.2, -0.15) is 0 Å². The third-order valence-electron chi connectivity index (χ3n) is 3.99. The van der Waals surface area contributed by atoms with E-state index in [1.165, 1.54) is 22.1 Å². The van der Waals surface area contributed by atoms with E-state index in [0.717, 1.165) is 18.0 Å². The Morgan fingerprint density at radius 2 is 1.70 bits per heavy atom. The minimum Gasteiger partial charge on any atom is -0.542 e. The number of furan rings is 1. The van der Waals surface area contributed by atoms with Crippen molar-refractivity contribution in [2.24, 2.45) is 0 Å². The molecule has 0 aliphatic carbocycles. The zero-order valence-corrected chi connectivity index (χ0v) is 15.2. The largest absolute Gasteiger partial charge is 0.542 e. The summed E-state index contributed by atoms with van der Waals surface area (Å²) in [6.45, 7) is 2.89. The van der Waals surface area contributed by atoms with Gasteiger partial charge in [0.05, 0.1) is 11.6 Å². The van der Waals surface area contributed by atoms with Gasteiger partial charge in [-0.1, -0.05) is 42.5 Å². The maximum absolute atomic E-state index is 8.49. The topological polar surface area (TPSA) is 108 Å². The van der Waals surface area contributed by atoms with Crippen LogP contribution in [0.25, 0.3) is 23.1 Å². The summed E-state index contributed by atoms with van der Waals surface area (Å²) in [7, 11) is -4.94. The summed E-state index contributed by atoms with van der Waals surface area (Å²) in [6, 6.07) is 16.5. The molecule has 0 atom stereocenters. The van der Waals surface area contributed by atoms with Gasteiger partial charge in [-0.05, 0) is 24.1 Å². The molecule has 0 bridgehead atoms. The molecule has 4 rings (SSSR count). The van der Waals surface area contributed by atoms with Crippen LogP contribution in [0.2, 0.25) is 0 Å². The van der Waals surface area contributed by atoms with Gasteiger partial charge in [0.15, 0.2) is 0 Å². The molecule has 0 saturated heterocycles. The third kappa shape index (κ3) is 5.19. The van der Waals surface area contributed by atoms with Crippen LogP contribution in [-0.2, 0) is 11.0 Å². The molecule has 1 aromatic heterocycles. The van der Waals surface area contributed by atoms with Gasteiger partial charge < -0.3 is 8.78 Å². The molecular weight excluding hydrogens is 372 g/mol. The highest BCUT2D eigenvalue weighted by Crippen LogP contribution is 2.34. The number of halogens is 1. The summed E-state index contributed by atoms with van der Waals surface area (Å²) in [5.74, 6) is 0.959. The molecule has 2 aromatic carbocycles. The number of hydrogen-bond acceptors (Lipinski definition) is 5. The average Bonchev–Trinajstić information content (AvgIpc) is 2.98. The lowest BCUT2D eigenvalue weighted by molar-refractivity contribution is -2.00. The second-order valence-corrected chi connectivity index (χ2v) is 6.66. The monoisotopic (exact) mass is 388 g/mol. The first-order chi connectivity index (χ1) is 12.8. The van der Waals surface area contributed by atoms with E-state index in [2.05, 4.69) is 35.6 Å². The van der Waals surface area contributed by atoms with Crippen LogP contribution in [0.3, 0.4) is 0 Å². The van der Waals surface area contributed by atoms with Crippen LogP contribution in [-0.4, -0.2) is 0 Å². The zero-order chi connectivity index (χ0) is 19.4. The highest BCUT2D eigenvalue weighted by molar-refractivity contribution is 5.87. The summed E-state index contributed by atoms with van der Waals surface area (Å²) >= 11 is 0. The average molecular weight is 389 g/mol. The normalized spacial score (nSPS) is 13.6. The molecule has 0 fully saturated rings. The van der Waals surface area contributed by atoms with E-state index < -0.39 is 10.2 Å². The number of benzene rings is 2. The lowest BCUT2D eigenvalue weighted by Gasteiger charge is -2.17. The second-order valence-electron chi connectivity index (χ2n) is 5.90. The minimum absolute atomic E-state index is 0.757. The molecule has 0 radical (unpaired) electrons. The van der Waals surface area contributed by atoms with Crippen LogP contribution in [0.1, 0.15) is 22.5 Å². The summed E-state index contributed by atoms with van der Waals surface area (Å²) in [4.78, 5) is 0. The number of fused-ring (bicyclic) bond motifs is 3. The van der Waals surface area contributed by atoms with Crippen LogP contribution in [0, 0.1) is 17.2 Å². The SMILES string of the molecule is Cc1cccc2oc3c(c12)C[O+](C=Cc1ccccc1)C=C3.[O-][Cl+3]([O-])([O-])[O-]. The van der Waals surface area contributed by atoms with Crippen molar-refractivity contribution in [3.63, 3.8) is 0 Å². The first-order valence-corrected chi connectivity index (χ1v) is 9.27. The van der Waals surface area contributed by atoms with E-state index in [0.29, 0.717) is 0 Å². The standard InChI is InChI=1S/C20H17O2.ClHO4/c1-15-6-5-9-19-20(15)17-14-22(13-11-18(17)21-19)12-10-16-7-3-2-4-8-16;2-1(3,4)5/h2-13H,14H2,1H3;(H,2,3,4,5)/q+1;/p-1. The van der Waals surface area contributed by atoms with Gasteiger partial charge in [0.1, 0.15) is 11.3 Å². The van der Waals surface area contributed by atoms with Crippen LogP contribution in [0.5, 0.6) is 0 Å². The van der Waals surface area contributed by atoms with Crippen molar-refractivity contribution in [1.82, 2.24) is 0 Å². The Bertz CT molecular complexity index is 963. The summed E-state index contributed by atoms with van der Waals surface area (Å²) in [6.07, 6.45) is 8.12. The molecule has 0 unspecified atom stereocenters. The Kier molecular flexibility index (Phi) is 5.65. The van der Waals surface area contributed by atoms with E-state index in [9.17, 15) is 0 Å². The van der Waals surface area contributed by atoms with Crippen LogP contribution in [0.4, 0.5) is 0 Å². The highest BCUT2D eigenvalue weighted by atomic mass is 35.7. The molecular formula is C20H17ClO6. The molecule has 0 saturated carbocycles. The zero-order valence-electron chi connectivity index (χ0n) is 14.5. The van der Waals surface area contributed by atoms with Gasteiger partial charge in [0, 0.05) is 11.5 Å². The van der Waals surface area contributed by atoms with Crippen molar-refractivity contribution in [2.75, 3.05) is 0 Å². The van der Waals surface area contributed by atoms with Gasteiger partial charge in [-0.15, -0.1) is 10.2 Å². The molecule has 6 nitrogen and oxygen atoms in total. The van der Waals surface area contributed by atoms with Crippen molar-refractivity contribution in [2.45, 2.75) is 13.5 Å². The van der Waals surface area contributed by atoms with E-state index in [-0.39, 0.29) is 0 Å². The van der Waals surface area contributed by atoms with Crippen molar-refractivity contribution >= 4 is 23.1 Å². The van der Waals surface area contributed by atoms with E-state index in [4.69, 9.17) is 23.1 Å². The van der Waals surface area contributed by atoms with Gasteiger partial charge >= 0.3 is 0 Å². The molecule has 27 heavy (non-hydrogen) atoms. The predicted molar refractivity (Wildman–Crippen MR) is 90.3 cm³/mol. The lowest BCUT2D eigenvalue weighted by atomic mass is 10.1. The first-order valence-electron chi connectivity index (χ1n) is 8.04. The molecule has 3 aromatic rings. The van der Waals surface area contributed by atoms with Gasteiger partial charge in [0.2, 0.25) is 19.1 Å². The van der Waals surface area contributed by atoms with Gasteiger partial charge in [-0.3, -0.25) is 0 Å². The van der Waals surface area contributed by atoms with E-state index in [1.807, 2.05) is 48.9 Å². The first kappa shape index (κ1) is 19.2. The predicted octanol–water partition coefficient (Wildman–Crippen LogP) is 0.693. The Morgan fingerprint density at radius 3 is 2.41 bits per heavy atom. The fraction of sp³-hybridized carbons (Fsp3) is 0.100. The van der Waals surface area contributed by atoms with Crippen LogP contribution >= 0.6 is 0 Å². The van der Waals surface area contributed by atoms with Gasteiger partial charge in [-0.25, -0.2) is 18.6 Å². The maximum atomic E-state index is 8.49. The van der Waals surface area contributed by atoms with Crippen LogP contribution < -0.4 is 18.6 Å². The quantitative estimate of drug-likeness (QED) is 0.474. The number of hydrogen-bond donors (Lipinski definition) is 0. The minimum atomic E-state index is -4.94. The fourth-order valence-electron chi connectivity index (χ4n) is 2.88. The van der Waals surface area contributed by atoms with Gasteiger partial charge in [0.25, 0.3) is 0 Å². The molecule has 0 spiro atoms. The third-order valence-corrected chi connectivity index (χ3v) is 3.99. The summed E-state index contributed by atoms with van der Waals surface area (Å²) in [5, 5.41) is 1.23. The maximum Gasteiger partial charge on any atom is 0.227 e. The molecule has 7 heteroatoms. The summed E-state index contributed by atoms with van der Waals surface area (Å²) in [5.41, 5.74) is 4.63. The highest BCUT2D eigenvalue weighted by Gasteiger charge is 2.22.